The van der Waals surface area contributed by atoms with Gasteiger partial charge >= 0.3 is 0 Å². The first-order chi connectivity index (χ1) is 9.69. The second-order valence-electron chi connectivity index (χ2n) is 4.68. The van der Waals surface area contributed by atoms with Crippen LogP contribution in [0.25, 0.3) is 10.9 Å². The first kappa shape index (κ1) is 14.0. The second kappa shape index (κ2) is 5.83. The predicted octanol–water partition coefficient (Wildman–Crippen LogP) is 4.00. The van der Waals surface area contributed by atoms with Crippen LogP contribution < -0.4 is 0 Å². The van der Waals surface area contributed by atoms with Crippen LogP contribution in [0.4, 0.5) is 0 Å². The number of nitrogens with zero attached hydrogens (tertiary/aromatic N) is 2. The molecule has 0 aliphatic carbocycles. The minimum atomic E-state index is -0.488. The third-order valence-electron chi connectivity index (χ3n) is 3.39. The molecule has 0 fully saturated rings. The van der Waals surface area contributed by atoms with Gasteiger partial charge in [0, 0.05) is 18.4 Å². The van der Waals surface area contributed by atoms with Crippen LogP contribution in [-0.2, 0) is 13.0 Å². The van der Waals surface area contributed by atoms with Gasteiger partial charge in [0.2, 0.25) is 0 Å². The first-order valence-electron chi connectivity index (χ1n) is 6.55. The van der Waals surface area contributed by atoms with Gasteiger partial charge in [-0.2, -0.15) is 5.10 Å². The summed E-state index contributed by atoms with van der Waals surface area (Å²) in [6, 6.07) is 10.2. The average molecular weight is 398 g/mol. The zero-order valence-corrected chi connectivity index (χ0v) is 14.1. The SMILES string of the molecule is CCn1nc(CC(O)c2csc(I)c2)c2ccccc21. The molecule has 3 aromatic rings. The number of benzene rings is 1. The molecular formula is C15H15IN2OS. The number of aromatic nitrogens is 2. The highest BCUT2D eigenvalue weighted by atomic mass is 127. The minimum Gasteiger partial charge on any atom is -0.388 e. The zero-order valence-electron chi connectivity index (χ0n) is 11.1. The Morgan fingerprint density at radius 2 is 2.20 bits per heavy atom. The molecule has 0 bridgehead atoms. The van der Waals surface area contributed by atoms with E-state index in [1.807, 2.05) is 28.3 Å². The van der Waals surface area contributed by atoms with Crippen LogP contribution in [0.3, 0.4) is 0 Å². The van der Waals surface area contributed by atoms with E-state index in [1.165, 1.54) is 2.88 Å². The molecule has 0 spiro atoms. The van der Waals surface area contributed by atoms with Crippen molar-refractivity contribution in [3.8, 4) is 0 Å². The topological polar surface area (TPSA) is 38.0 Å². The smallest absolute Gasteiger partial charge is 0.0854 e. The maximum atomic E-state index is 10.4. The van der Waals surface area contributed by atoms with Crippen molar-refractivity contribution in [2.24, 2.45) is 0 Å². The highest BCUT2D eigenvalue weighted by Gasteiger charge is 2.16. The van der Waals surface area contributed by atoms with Crippen molar-refractivity contribution in [2.45, 2.75) is 26.0 Å². The van der Waals surface area contributed by atoms with Gasteiger partial charge in [0.25, 0.3) is 0 Å². The predicted molar refractivity (Wildman–Crippen MR) is 91.1 cm³/mol. The lowest BCUT2D eigenvalue weighted by molar-refractivity contribution is 0.177. The van der Waals surface area contributed by atoms with Crippen molar-refractivity contribution in [1.82, 2.24) is 9.78 Å². The van der Waals surface area contributed by atoms with Gasteiger partial charge in [-0.1, -0.05) is 18.2 Å². The summed E-state index contributed by atoms with van der Waals surface area (Å²) in [5.74, 6) is 0. The Bertz CT molecular complexity index is 734. The van der Waals surface area contributed by atoms with Crippen molar-refractivity contribution < 1.29 is 5.11 Å². The number of fused-ring (bicyclic) bond motifs is 1. The first-order valence-corrected chi connectivity index (χ1v) is 8.51. The molecular weight excluding hydrogens is 383 g/mol. The van der Waals surface area contributed by atoms with E-state index in [2.05, 4.69) is 46.7 Å². The van der Waals surface area contributed by atoms with Crippen molar-refractivity contribution in [3.63, 3.8) is 0 Å². The molecule has 0 radical (unpaired) electrons. The number of aryl methyl sites for hydroxylation is 1. The monoisotopic (exact) mass is 398 g/mol. The molecule has 1 N–H and O–H groups in total. The summed E-state index contributed by atoms with van der Waals surface area (Å²) in [4.78, 5) is 0. The molecule has 0 aliphatic heterocycles. The average Bonchev–Trinajstić information content (AvgIpc) is 3.03. The molecule has 3 nitrogen and oxygen atoms in total. The van der Waals surface area contributed by atoms with E-state index >= 15 is 0 Å². The number of aliphatic hydroxyl groups excluding tert-OH is 1. The molecule has 2 heterocycles. The van der Waals surface area contributed by atoms with E-state index in [0.717, 1.165) is 28.7 Å². The van der Waals surface area contributed by atoms with E-state index in [9.17, 15) is 5.11 Å². The fourth-order valence-corrected chi connectivity index (χ4v) is 3.81. The van der Waals surface area contributed by atoms with Gasteiger partial charge < -0.3 is 5.11 Å². The van der Waals surface area contributed by atoms with E-state index in [1.54, 1.807) is 11.3 Å². The standard InChI is InChI=1S/C15H15IN2OS/c1-2-18-13-6-4-3-5-11(13)12(17-18)8-14(19)10-7-15(16)20-9-10/h3-7,9,14,19H,2,8H2,1H3. The van der Waals surface area contributed by atoms with Crippen LogP contribution in [0, 0.1) is 2.88 Å². The molecule has 0 saturated carbocycles. The van der Waals surface area contributed by atoms with Crippen molar-refractivity contribution in [2.75, 3.05) is 0 Å². The Hall–Kier alpha value is -0.920. The second-order valence-corrected chi connectivity index (χ2v) is 7.49. The third-order valence-corrected chi connectivity index (χ3v) is 5.20. The number of thiophene rings is 1. The summed E-state index contributed by atoms with van der Waals surface area (Å²) < 4.78 is 3.19. The largest absolute Gasteiger partial charge is 0.388 e. The van der Waals surface area contributed by atoms with Gasteiger partial charge in [-0.3, -0.25) is 4.68 Å². The normalized spacial score (nSPS) is 12.9. The van der Waals surface area contributed by atoms with Crippen molar-refractivity contribution in [3.05, 3.63) is 49.9 Å². The Balaban J connectivity index is 1.94. The van der Waals surface area contributed by atoms with Gasteiger partial charge in [0.1, 0.15) is 0 Å². The molecule has 0 amide bonds. The number of para-hydroxylation sites is 1. The molecule has 104 valence electrons. The van der Waals surface area contributed by atoms with E-state index in [4.69, 9.17) is 0 Å². The summed E-state index contributed by atoms with van der Waals surface area (Å²) in [5, 5.41) is 18.2. The van der Waals surface area contributed by atoms with Crippen molar-refractivity contribution in [1.29, 1.82) is 0 Å². The number of aliphatic hydroxyl groups is 1. The number of halogens is 1. The van der Waals surface area contributed by atoms with Crippen molar-refractivity contribution >= 4 is 44.8 Å². The molecule has 0 saturated heterocycles. The summed E-state index contributed by atoms with van der Waals surface area (Å²) in [5.41, 5.74) is 3.09. The lowest BCUT2D eigenvalue weighted by atomic mass is 10.1. The number of hydrogen-bond donors (Lipinski definition) is 1. The quantitative estimate of drug-likeness (QED) is 0.675. The van der Waals surface area contributed by atoms with Gasteiger partial charge in [0.05, 0.1) is 20.2 Å². The van der Waals surface area contributed by atoms with E-state index in [-0.39, 0.29) is 0 Å². The summed E-state index contributed by atoms with van der Waals surface area (Å²) >= 11 is 3.93. The molecule has 1 atom stereocenters. The Morgan fingerprint density at radius 1 is 1.40 bits per heavy atom. The van der Waals surface area contributed by atoms with Gasteiger partial charge in [-0.15, -0.1) is 11.3 Å². The Labute approximate surface area is 135 Å². The minimum absolute atomic E-state index is 0.488. The van der Waals surface area contributed by atoms with Crippen LogP contribution in [-0.4, -0.2) is 14.9 Å². The number of hydrogen-bond acceptors (Lipinski definition) is 3. The summed E-state index contributed by atoms with van der Waals surface area (Å²) in [6.07, 6.45) is 0.0683. The molecule has 2 aromatic heterocycles. The van der Waals surface area contributed by atoms with E-state index < -0.39 is 6.10 Å². The third kappa shape index (κ3) is 2.62. The zero-order chi connectivity index (χ0) is 14.1. The fourth-order valence-electron chi connectivity index (χ4n) is 2.39. The molecule has 1 aromatic carbocycles. The fraction of sp³-hybridized carbons (Fsp3) is 0.267. The van der Waals surface area contributed by atoms with E-state index in [0.29, 0.717) is 6.42 Å². The summed E-state index contributed by atoms with van der Waals surface area (Å²) in [6.45, 7) is 2.92. The maximum absolute atomic E-state index is 10.4. The number of rotatable bonds is 4. The Kier molecular flexibility index (Phi) is 4.09. The Morgan fingerprint density at radius 3 is 2.90 bits per heavy atom. The van der Waals surface area contributed by atoms with Crippen LogP contribution in [0.15, 0.2) is 35.7 Å². The molecule has 0 aliphatic rings. The van der Waals surface area contributed by atoms with Gasteiger partial charge in [-0.05, 0) is 52.6 Å². The van der Waals surface area contributed by atoms with Crippen LogP contribution >= 0.6 is 33.9 Å². The molecule has 5 heteroatoms. The molecule has 1 unspecified atom stereocenters. The van der Waals surface area contributed by atoms with Crippen LogP contribution in [0.2, 0.25) is 0 Å². The lowest BCUT2D eigenvalue weighted by Crippen LogP contribution is -2.03. The van der Waals surface area contributed by atoms with Gasteiger partial charge in [-0.25, -0.2) is 0 Å². The highest BCUT2D eigenvalue weighted by molar-refractivity contribution is 14.1. The lowest BCUT2D eigenvalue weighted by Gasteiger charge is -2.06. The molecule has 20 heavy (non-hydrogen) atoms. The molecule has 3 rings (SSSR count). The van der Waals surface area contributed by atoms with Crippen LogP contribution in [0.1, 0.15) is 24.3 Å². The highest BCUT2D eigenvalue weighted by Crippen LogP contribution is 2.27. The maximum Gasteiger partial charge on any atom is 0.0854 e. The van der Waals surface area contributed by atoms with Crippen LogP contribution in [0.5, 0.6) is 0 Å². The summed E-state index contributed by atoms with van der Waals surface area (Å²) in [7, 11) is 0. The van der Waals surface area contributed by atoms with Gasteiger partial charge in [0.15, 0.2) is 0 Å².